The Kier molecular flexibility index (Phi) is 3.55. The van der Waals surface area contributed by atoms with Crippen LogP contribution < -0.4 is 5.32 Å². The molecule has 0 saturated carbocycles. The smallest absolute Gasteiger partial charge is 0.278 e. The number of aromatic amines is 1. The molecule has 2 N–H and O–H groups in total. The number of aryl methyl sites for hydroxylation is 1. The first-order valence-corrected chi connectivity index (χ1v) is 8.22. The second-order valence-corrected chi connectivity index (χ2v) is 6.19. The number of amides is 1. The molecule has 1 amide bonds. The van der Waals surface area contributed by atoms with Crippen molar-refractivity contribution in [2.45, 2.75) is 6.92 Å². The van der Waals surface area contributed by atoms with Crippen molar-refractivity contribution >= 4 is 33.3 Å². The maximum atomic E-state index is 12.5. The van der Waals surface area contributed by atoms with Gasteiger partial charge in [-0.3, -0.25) is 20.2 Å². The molecule has 0 bridgehead atoms. The summed E-state index contributed by atoms with van der Waals surface area (Å²) >= 11 is 1.36. The van der Waals surface area contributed by atoms with E-state index in [4.69, 9.17) is 0 Å². The van der Waals surface area contributed by atoms with E-state index < -0.39 is 0 Å². The lowest BCUT2D eigenvalue weighted by Crippen LogP contribution is -2.12. The molecular weight excluding hydrogens is 322 g/mol. The minimum Gasteiger partial charge on any atom is -0.296 e. The van der Waals surface area contributed by atoms with Crippen LogP contribution in [0.4, 0.5) is 5.13 Å². The van der Waals surface area contributed by atoms with Gasteiger partial charge in [-0.1, -0.05) is 17.7 Å². The fourth-order valence-electron chi connectivity index (χ4n) is 2.42. The van der Waals surface area contributed by atoms with Gasteiger partial charge >= 0.3 is 0 Å². The predicted molar refractivity (Wildman–Crippen MR) is 94.1 cm³/mol. The van der Waals surface area contributed by atoms with Crippen LogP contribution in [-0.4, -0.2) is 26.1 Å². The first-order chi connectivity index (χ1) is 11.7. The minimum atomic E-state index is -0.284. The maximum Gasteiger partial charge on any atom is 0.278 e. The molecule has 4 rings (SSSR count). The van der Waals surface area contributed by atoms with Gasteiger partial charge in [-0.15, -0.1) is 11.3 Å². The van der Waals surface area contributed by atoms with E-state index >= 15 is 0 Å². The van der Waals surface area contributed by atoms with E-state index in [2.05, 4.69) is 25.5 Å². The second kappa shape index (κ2) is 5.86. The van der Waals surface area contributed by atoms with Crippen molar-refractivity contribution in [2.24, 2.45) is 0 Å². The van der Waals surface area contributed by atoms with Gasteiger partial charge in [0.2, 0.25) is 0 Å². The number of benzene rings is 1. The SMILES string of the molecule is Cc1ccc2[nH]nc(C(=O)Nc3nc(-c4ccccn4)cs3)c2c1. The van der Waals surface area contributed by atoms with Crippen LogP contribution in [0.25, 0.3) is 22.3 Å². The summed E-state index contributed by atoms with van der Waals surface area (Å²) in [5.74, 6) is -0.284. The average Bonchev–Trinajstić information content (AvgIpc) is 3.22. The van der Waals surface area contributed by atoms with E-state index in [9.17, 15) is 4.79 Å². The molecule has 1 aromatic carbocycles. The van der Waals surface area contributed by atoms with Crippen LogP contribution in [0.5, 0.6) is 0 Å². The Morgan fingerprint density at radius 3 is 2.96 bits per heavy atom. The van der Waals surface area contributed by atoms with Crippen LogP contribution in [0, 0.1) is 6.92 Å². The number of thiazole rings is 1. The van der Waals surface area contributed by atoms with Crippen LogP contribution in [0.2, 0.25) is 0 Å². The lowest BCUT2D eigenvalue weighted by molar-refractivity contribution is 0.102. The number of nitrogens with zero attached hydrogens (tertiary/aromatic N) is 3. The molecule has 118 valence electrons. The zero-order valence-electron chi connectivity index (χ0n) is 12.8. The fraction of sp³-hybridized carbons (Fsp3) is 0.0588. The van der Waals surface area contributed by atoms with Gasteiger partial charge < -0.3 is 0 Å². The molecule has 0 radical (unpaired) electrons. The summed E-state index contributed by atoms with van der Waals surface area (Å²) in [5.41, 5.74) is 3.78. The predicted octanol–water partition coefficient (Wildman–Crippen LogP) is 3.64. The van der Waals surface area contributed by atoms with E-state index in [1.54, 1.807) is 6.20 Å². The van der Waals surface area contributed by atoms with Crippen LogP contribution in [0.1, 0.15) is 16.1 Å². The Labute approximate surface area is 141 Å². The van der Waals surface area contributed by atoms with Crippen LogP contribution in [0.3, 0.4) is 0 Å². The molecule has 6 nitrogen and oxygen atoms in total. The molecule has 3 aromatic heterocycles. The number of rotatable bonds is 3. The Hall–Kier alpha value is -3.06. The summed E-state index contributed by atoms with van der Waals surface area (Å²) in [6, 6.07) is 11.5. The molecule has 0 fully saturated rings. The number of aromatic nitrogens is 4. The summed E-state index contributed by atoms with van der Waals surface area (Å²) in [6.45, 7) is 1.98. The van der Waals surface area contributed by atoms with Gasteiger partial charge in [-0.25, -0.2) is 4.98 Å². The molecule has 0 spiro atoms. The highest BCUT2D eigenvalue weighted by molar-refractivity contribution is 7.14. The summed E-state index contributed by atoms with van der Waals surface area (Å²) in [4.78, 5) is 21.2. The minimum absolute atomic E-state index is 0.284. The van der Waals surface area contributed by atoms with Crippen molar-refractivity contribution in [1.82, 2.24) is 20.2 Å². The molecule has 4 aromatic rings. The molecule has 0 unspecified atom stereocenters. The standard InChI is InChI=1S/C17H13N5OS/c1-10-5-6-12-11(8-10)15(22-21-12)16(23)20-17-19-14(9-24-17)13-4-2-3-7-18-13/h2-9H,1H3,(H,21,22)(H,19,20,23). The highest BCUT2D eigenvalue weighted by atomic mass is 32.1. The van der Waals surface area contributed by atoms with Gasteiger partial charge in [0.15, 0.2) is 10.8 Å². The molecule has 3 heterocycles. The number of carbonyl (C=O) groups is 1. The topological polar surface area (TPSA) is 83.6 Å². The Morgan fingerprint density at radius 2 is 2.12 bits per heavy atom. The number of nitrogens with one attached hydrogen (secondary N) is 2. The first kappa shape index (κ1) is 14.5. The van der Waals surface area contributed by atoms with Crippen molar-refractivity contribution in [3.8, 4) is 11.4 Å². The lowest BCUT2D eigenvalue weighted by Gasteiger charge is -1.99. The number of pyridine rings is 1. The summed E-state index contributed by atoms with van der Waals surface area (Å²) in [7, 11) is 0. The highest BCUT2D eigenvalue weighted by Crippen LogP contribution is 2.24. The van der Waals surface area contributed by atoms with Gasteiger partial charge in [-0.05, 0) is 31.2 Å². The number of H-pyrrole nitrogens is 1. The van der Waals surface area contributed by atoms with Gasteiger partial charge in [0.1, 0.15) is 5.69 Å². The van der Waals surface area contributed by atoms with Crippen molar-refractivity contribution in [2.75, 3.05) is 5.32 Å². The Bertz CT molecular complexity index is 1020. The van der Waals surface area contributed by atoms with Gasteiger partial charge in [0.25, 0.3) is 5.91 Å². The van der Waals surface area contributed by atoms with Gasteiger partial charge in [0.05, 0.1) is 11.2 Å². The van der Waals surface area contributed by atoms with E-state index in [1.807, 2.05) is 48.7 Å². The third-order valence-corrected chi connectivity index (χ3v) is 4.34. The van der Waals surface area contributed by atoms with Gasteiger partial charge in [0, 0.05) is 17.0 Å². The first-order valence-electron chi connectivity index (χ1n) is 7.34. The van der Waals surface area contributed by atoms with E-state index in [0.29, 0.717) is 10.8 Å². The van der Waals surface area contributed by atoms with E-state index in [-0.39, 0.29) is 5.91 Å². The molecule has 0 aliphatic carbocycles. The van der Waals surface area contributed by atoms with Crippen LogP contribution >= 0.6 is 11.3 Å². The highest BCUT2D eigenvalue weighted by Gasteiger charge is 2.16. The zero-order chi connectivity index (χ0) is 16.5. The van der Waals surface area contributed by atoms with Crippen LogP contribution in [0.15, 0.2) is 48.0 Å². The fourth-order valence-corrected chi connectivity index (χ4v) is 3.12. The van der Waals surface area contributed by atoms with Crippen LogP contribution in [-0.2, 0) is 0 Å². The quantitative estimate of drug-likeness (QED) is 0.599. The zero-order valence-corrected chi connectivity index (χ0v) is 13.6. The summed E-state index contributed by atoms with van der Waals surface area (Å²) in [5, 5.41) is 13.0. The molecular formula is C17H13N5OS. The Balaban J connectivity index is 1.60. The molecule has 0 aliphatic heterocycles. The largest absolute Gasteiger partial charge is 0.296 e. The number of hydrogen-bond donors (Lipinski definition) is 2. The molecule has 7 heteroatoms. The summed E-state index contributed by atoms with van der Waals surface area (Å²) in [6.07, 6.45) is 1.71. The second-order valence-electron chi connectivity index (χ2n) is 5.33. The van der Waals surface area contributed by atoms with Crippen molar-refractivity contribution in [1.29, 1.82) is 0 Å². The molecule has 0 atom stereocenters. The number of carbonyl (C=O) groups excluding carboxylic acids is 1. The third-order valence-electron chi connectivity index (χ3n) is 3.59. The number of anilines is 1. The molecule has 0 aliphatic rings. The average molecular weight is 335 g/mol. The van der Waals surface area contributed by atoms with Crippen molar-refractivity contribution < 1.29 is 4.79 Å². The van der Waals surface area contributed by atoms with E-state index in [1.165, 1.54) is 11.3 Å². The Morgan fingerprint density at radius 1 is 1.21 bits per heavy atom. The molecule has 0 saturated heterocycles. The maximum absolute atomic E-state index is 12.5. The number of fused-ring (bicyclic) bond motifs is 1. The van der Waals surface area contributed by atoms with E-state index in [0.717, 1.165) is 27.9 Å². The van der Waals surface area contributed by atoms with Crippen molar-refractivity contribution in [3.05, 3.63) is 59.2 Å². The monoisotopic (exact) mass is 335 g/mol. The van der Waals surface area contributed by atoms with Gasteiger partial charge in [-0.2, -0.15) is 5.10 Å². The normalized spacial score (nSPS) is 10.9. The molecule has 24 heavy (non-hydrogen) atoms. The summed E-state index contributed by atoms with van der Waals surface area (Å²) < 4.78 is 0. The third kappa shape index (κ3) is 2.65. The van der Waals surface area contributed by atoms with Crippen molar-refractivity contribution in [3.63, 3.8) is 0 Å². The lowest BCUT2D eigenvalue weighted by atomic mass is 10.1. The number of hydrogen-bond acceptors (Lipinski definition) is 5.